The molecule has 0 bridgehead atoms. The van der Waals surface area contributed by atoms with Crippen LogP contribution in [0.2, 0.25) is 0 Å². The second kappa shape index (κ2) is 5.36. The third kappa shape index (κ3) is 5.02. The number of nitrogens with two attached hydrogens (primary N) is 1. The molecule has 0 spiro atoms. The van der Waals surface area contributed by atoms with Gasteiger partial charge in [-0.15, -0.1) is 0 Å². The average molecular weight is 155 g/mol. The smallest absolute Gasteiger partial charge is 0.0252 e. The van der Waals surface area contributed by atoms with Crippen LogP contribution in [0.25, 0.3) is 0 Å². The van der Waals surface area contributed by atoms with E-state index < -0.39 is 0 Å². The van der Waals surface area contributed by atoms with Crippen LogP contribution < -0.4 is 5.73 Å². The number of hydrogen-bond acceptors (Lipinski definition) is 1. The summed E-state index contributed by atoms with van der Waals surface area (Å²) in [5.74, 6) is 0.620. The molecule has 0 radical (unpaired) electrons. The first-order valence-corrected chi connectivity index (χ1v) is 4.48. The van der Waals surface area contributed by atoms with Crippen LogP contribution in [0.5, 0.6) is 0 Å². The summed E-state index contributed by atoms with van der Waals surface area (Å²) >= 11 is 0. The molecule has 0 saturated heterocycles. The van der Waals surface area contributed by atoms with Crippen LogP contribution in [-0.4, -0.2) is 6.04 Å². The molecule has 0 amide bonds. The predicted octanol–water partition coefficient (Wildman–Crippen LogP) is 2.72. The molecule has 0 aliphatic rings. The highest BCUT2D eigenvalue weighted by atomic mass is 14.6. The lowest BCUT2D eigenvalue weighted by atomic mass is 9.96. The quantitative estimate of drug-likeness (QED) is 0.621. The number of hydrogen-bond donors (Lipinski definition) is 1. The highest BCUT2D eigenvalue weighted by Gasteiger charge is 2.07. The predicted molar refractivity (Wildman–Crippen MR) is 51.5 cm³/mol. The zero-order chi connectivity index (χ0) is 8.85. The van der Waals surface area contributed by atoms with Crippen molar-refractivity contribution in [3.63, 3.8) is 0 Å². The van der Waals surface area contributed by atoms with E-state index in [-0.39, 0.29) is 6.04 Å². The largest absolute Gasteiger partial charge is 0.324 e. The van der Waals surface area contributed by atoms with Gasteiger partial charge < -0.3 is 5.73 Å². The number of allylic oxidation sites excluding steroid dienone is 1. The minimum atomic E-state index is 0.250. The Morgan fingerprint density at radius 2 is 2.00 bits per heavy atom. The molecular weight excluding hydrogens is 134 g/mol. The van der Waals surface area contributed by atoms with Crippen molar-refractivity contribution in [3.05, 3.63) is 11.6 Å². The molecule has 1 heteroatoms. The van der Waals surface area contributed by atoms with E-state index in [1.807, 2.05) is 0 Å². The van der Waals surface area contributed by atoms with Crippen LogP contribution in [-0.2, 0) is 0 Å². The summed E-state index contributed by atoms with van der Waals surface area (Å²) in [6, 6.07) is 0.250. The molecule has 2 N–H and O–H groups in total. The molecule has 0 aromatic heterocycles. The lowest BCUT2D eigenvalue weighted by Crippen LogP contribution is -2.25. The summed E-state index contributed by atoms with van der Waals surface area (Å²) < 4.78 is 0. The van der Waals surface area contributed by atoms with E-state index in [9.17, 15) is 0 Å². The highest BCUT2D eigenvalue weighted by Crippen LogP contribution is 2.10. The fourth-order valence-electron chi connectivity index (χ4n) is 1.20. The van der Waals surface area contributed by atoms with Crippen LogP contribution in [0.3, 0.4) is 0 Å². The molecule has 0 fully saturated rings. The van der Waals surface area contributed by atoms with Crippen molar-refractivity contribution in [2.75, 3.05) is 0 Å². The summed E-state index contributed by atoms with van der Waals surface area (Å²) in [5.41, 5.74) is 7.25. The SMILES string of the molecule is CCCC(C)C(N)C=C(C)C. The third-order valence-electron chi connectivity index (χ3n) is 1.93. The van der Waals surface area contributed by atoms with E-state index in [0.29, 0.717) is 5.92 Å². The van der Waals surface area contributed by atoms with Gasteiger partial charge in [0.1, 0.15) is 0 Å². The Bertz CT molecular complexity index is 123. The summed E-state index contributed by atoms with van der Waals surface area (Å²) in [6.07, 6.45) is 4.61. The molecule has 0 aliphatic carbocycles. The van der Waals surface area contributed by atoms with E-state index in [1.54, 1.807) is 0 Å². The van der Waals surface area contributed by atoms with E-state index in [0.717, 1.165) is 0 Å². The third-order valence-corrected chi connectivity index (χ3v) is 1.93. The molecule has 0 aromatic carbocycles. The van der Waals surface area contributed by atoms with Gasteiger partial charge in [-0.3, -0.25) is 0 Å². The van der Waals surface area contributed by atoms with Crippen molar-refractivity contribution in [2.24, 2.45) is 11.7 Å². The fraction of sp³-hybridized carbons (Fsp3) is 0.800. The van der Waals surface area contributed by atoms with Crippen molar-refractivity contribution < 1.29 is 0 Å². The van der Waals surface area contributed by atoms with Crippen molar-refractivity contribution in [2.45, 2.75) is 46.6 Å². The van der Waals surface area contributed by atoms with Gasteiger partial charge in [-0.25, -0.2) is 0 Å². The summed E-state index contributed by atoms with van der Waals surface area (Å²) in [5, 5.41) is 0. The maximum atomic E-state index is 5.93. The average Bonchev–Trinajstić information content (AvgIpc) is 1.86. The first-order valence-electron chi connectivity index (χ1n) is 4.48. The molecule has 66 valence electrons. The Hall–Kier alpha value is -0.300. The molecule has 2 unspecified atom stereocenters. The van der Waals surface area contributed by atoms with E-state index >= 15 is 0 Å². The zero-order valence-electron chi connectivity index (χ0n) is 8.22. The molecule has 0 saturated carbocycles. The van der Waals surface area contributed by atoms with Gasteiger partial charge in [0.2, 0.25) is 0 Å². The maximum absolute atomic E-state index is 5.93. The topological polar surface area (TPSA) is 26.0 Å². The second-order valence-electron chi connectivity index (χ2n) is 3.59. The second-order valence-corrected chi connectivity index (χ2v) is 3.59. The lowest BCUT2D eigenvalue weighted by Gasteiger charge is -2.15. The first-order chi connectivity index (χ1) is 5.07. The van der Waals surface area contributed by atoms with Gasteiger partial charge >= 0.3 is 0 Å². The number of rotatable bonds is 4. The van der Waals surface area contributed by atoms with Crippen LogP contribution >= 0.6 is 0 Å². The summed E-state index contributed by atoms with van der Waals surface area (Å²) in [7, 11) is 0. The molecule has 0 rings (SSSR count). The normalized spacial score (nSPS) is 15.7. The molecular formula is C10H21N. The summed E-state index contributed by atoms with van der Waals surface area (Å²) in [6.45, 7) is 8.61. The molecule has 2 atom stereocenters. The molecule has 0 aromatic rings. The van der Waals surface area contributed by atoms with Crippen LogP contribution in [0.4, 0.5) is 0 Å². The van der Waals surface area contributed by atoms with Crippen LogP contribution in [0.1, 0.15) is 40.5 Å². The highest BCUT2D eigenvalue weighted by molar-refractivity contribution is 5.01. The standard InChI is InChI=1S/C10H21N/c1-5-6-9(4)10(11)7-8(2)3/h7,9-10H,5-6,11H2,1-4H3. The lowest BCUT2D eigenvalue weighted by molar-refractivity contribution is 0.473. The van der Waals surface area contributed by atoms with Gasteiger partial charge in [-0.05, 0) is 26.2 Å². The van der Waals surface area contributed by atoms with Gasteiger partial charge in [0.25, 0.3) is 0 Å². The first kappa shape index (κ1) is 10.7. The Morgan fingerprint density at radius 3 is 2.36 bits per heavy atom. The van der Waals surface area contributed by atoms with Crippen molar-refractivity contribution in [3.8, 4) is 0 Å². The maximum Gasteiger partial charge on any atom is 0.0252 e. The Morgan fingerprint density at radius 1 is 1.45 bits per heavy atom. The van der Waals surface area contributed by atoms with E-state index in [4.69, 9.17) is 5.73 Å². The Kier molecular flexibility index (Phi) is 5.22. The van der Waals surface area contributed by atoms with Gasteiger partial charge in [-0.2, -0.15) is 0 Å². The van der Waals surface area contributed by atoms with Crippen molar-refractivity contribution >= 4 is 0 Å². The van der Waals surface area contributed by atoms with Crippen LogP contribution in [0.15, 0.2) is 11.6 Å². The Balaban J connectivity index is 3.82. The summed E-state index contributed by atoms with van der Waals surface area (Å²) in [4.78, 5) is 0. The van der Waals surface area contributed by atoms with Crippen molar-refractivity contribution in [1.29, 1.82) is 0 Å². The van der Waals surface area contributed by atoms with Crippen LogP contribution in [0, 0.1) is 5.92 Å². The van der Waals surface area contributed by atoms with Gasteiger partial charge in [-0.1, -0.05) is 31.9 Å². The molecule has 11 heavy (non-hydrogen) atoms. The van der Waals surface area contributed by atoms with E-state index in [1.165, 1.54) is 18.4 Å². The molecule has 0 heterocycles. The van der Waals surface area contributed by atoms with Gasteiger partial charge in [0, 0.05) is 6.04 Å². The molecule has 1 nitrogen and oxygen atoms in total. The monoisotopic (exact) mass is 155 g/mol. The van der Waals surface area contributed by atoms with Crippen molar-refractivity contribution in [1.82, 2.24) is 0 Å². The van der Waals surface area contributed by atoms with E-state index in [2.05, 4.69) is 33.8 Å². The minimum absolute atomic E-state index is 0.250. The Labute approximate surface area is 70.7 Å². The van der Waals surface area contributed by atoms with Gasteiger partial charge in [0.15, 0.2) is 0 Å². The fourth-order valence-corrected chi connectivity index (χ4v) is 1.20. The minimum Gasteiger partial charge on any atom is -0.324 e. The molecule has 0 aliphatic heterocycles. The zero-order valence-corrected chi connectivity index (χ0v) is 8.22. The van der Waals surface area contributed by atoms with Gasteiger partial charge in [0.05, 0.1) is 0 Å².